The van der Waals surface area contributed by atoms with Crippen LogP contribution in [0.5, 0.6) is 23.0 Å². The van der Waals surface area contributed by atoms with Crippen LogP contribution in [0.3, 0.4) is 0 Å². The molecule has 0 fully saturated rings. The van der Waals surface area contributed by atoms with Crippen molar-refractivity contribution in [2.45, 2.75) is 17.1 Å². The minimum Gasteiger partial charge on any atom is -0.497 e. The molecule has 0 amide bonds. The van der Waals surface area contributed by atoms with Crippen LogP contribution in [0.15, 0.2) is 78.9 Å². The van der Waals surface area contributed by atoms with Gasteiger partial charge in [0.1, 0.15) is 23.0 Å². The van der Waals surface area contributed by atoms with Gasteiger partial charge in [0.25, 0.3) is 0 Å². The lowest BCUT2D eigenvalue weighted by Crippen LogP contribution is -2.48. The van der Waals surface area contributed by atoms with Gasteiger partial charge in [-0.05, 0) is 23.8 Å². The monoisotopic (exact) mass is 416 g/mol. The predicted octanol–water partition coefficient (Wildman–Crippen LogP) is 4.54. The number of rotatable bonds is 5. The molecule has 0 bridgehead atoms. The maximum Gasteiger partial charge on any atom is 0.181 e. The summed E-state index contributed by atoms with van der Waals surface area (Å²) in [6, 6.07) is 21.3. The van der Waals surface area contributed by atoms with Crippen molar-refractivity contribution in [3.05, 3.63) is 95.6 Å². The van der Waals surface area contributed by atoms with E-state index in [4.69, 9.17) is 18.9 Å². The van der Waals surface area contributed by atoms with Crippen LogP contribution in [0.4, 0.5) is 0 Å². The van der Waals surface area contributed by atoms with Crippen LogP contribution in [0, 0.1) is 0 Å². The summed E-state index contributed by atoms with van der Waals surface area (Å²) in [6.45, 7) is 0. The van der Waals surface area contributed by atoms with Gasteiger partial charge in [-0.1, -0.05) is 48.5 Å². The average Bonchev–Trinajstić information content (AvgIpc) is 3.26. The first-order chi connectivity index (χ1) is 15.1. The largest absolute Gasteiger partial charge is 0.497 e. The third kappa shape index (κ3) is 2.60. The van der Waals surface area contributed by atoms with Gasteiger partial charge in [-0.25, -0.2) is 0 Å². The summed E-state index contributed by atoms with van der Waals surface area (Å²) in [7, 11) is 4.81. The molecule has 2 aliphatic rings. The number of methoxy groups -OCH3 is 3. The standard InChI is InChI=1S/C26H24O5/c1-28-19-11-9-18(10-12-19)26-21(17-7-5-4-6-8-17)13-14-25(26,27)24-22(30-3)15-20(29-2)16-23(24)31-26/h4-16,21,27H,1-3H3/t21-,25+,26-/m0/s1. The molecule has 0 radical (unpaired) electrons. The van der Waals surface area contributed by atoms with Crippen molar-refractivity contribution < 1.29 is 24.1 Å². The lowest BCUT2D eigenvalue weighted by Gasteiger charge is -2.40. The van der Waals surface area contributed by atoms with E-state index in [9.17, 15) is 5.11 Å². The average molecular weight is 416 g/mol. The van der Waals surface area contributed by atoms with Crippen LogP contribution < -0.4 is 18.9 Å². The van der Waals surface area contributed by atoms with Crippen molar-refractivity contribution in [1.29, 1.82) is 0 Å². The zero-order chi connectivity index (χ0) is 21.6. The van der Waals surface area contributed by atoms with Crippen LogP contribution in [0.25, 0.3) is 0 Å². The van der Waals surface area contributed by atoms with Crippen LogP contribution in [0.2, 0.25) is 0 Å². The quantitative estimate of drug-likeness (QED) is 0.619. The van der Waals surface area contributed by atoms with Gasteiger partial charge in [-0.3, -0.25) is 0 Å². The lowest BCUT2D eigenvalue weighted by atomic mass is 9.70. The molecule has 5 rings (SSSR count). The van der Waals surface area contributed by atoms with Gasteiger partial charge in [0, 0.05) is 23.6 Å². The maximum absolute atomic E-state index is 12.3. The number of hydrogen-bond acceptors (Lipinski definition) is 5. The molecule has 0 spiro atoms. The van der Waals surface area contributed by atoms with Gasteiger partial charge >= 0.3 is 0 Å². The van der Waals surface area contributed by atoms with Crippen molar-refractivity contribution in [2.24, 2.45) is 0 Å². The maximum atomic E-state index is 12.3. The second kappa shape index (κ2) is 7.06. The van der Waals surface area contributed by atoms with Gasteiger partial charge in [-0.15, -0.1) is 0 Å². The van der Waals surface area contributed by atoms with Crippen LogP contribution in [-0.2, 0) is 11.2 Å². The first-order valence-electron chi connectivity index (χ1n) is 10.1. The summed E-state index contributed by atoms with van der Waals surface area (Å²) >= 11 is 0. The molecule has 5 nitrogen and oxygen atoms in total. The Morgan fingerprint density at radius 3 is 2.19 bits per heavy atom. The molecule has 0 unspecified atom stereocenters. The molecule has 3 atom stereocenters. The summed E-state index contributed by atoms with van der Waals surface area (Å²) in [5, 5.41) is 12.3. The Morgan fingerprint density at radius 1 is 0.839 bits per heavy atom. The number of aliphatic hydroxyl groups is 1. The Labute approximate surface area is 181 Å². The topological polar surface area (TPSA) is 57.2 Å². The van der Waals surface area contributed by atoms with E-state index in [-0.39, 0.29) is 5.92 Å². The van der Waals surface area contributed by atoms with Crippen molar-refractivity contribution in [3.8, 4) is 23.0 Å². The molecule has 3 aromatic carbocycles. The van der Waals surface area contributed by atoms with Gasteiger partial charge in [0.2, 0.25) is 0 Å². The van der Waals surface area contributed by atoms with Gasteiger partial charge < -0.3 is 24.1 Å². The van der Waals surface area contributed by atoms with Crippen molar-refractivity contribution >= 4 is 0 Å². The van der Waals surface area contributed by atoms with E-state index in [1.807, 2.05) is 54.6 Å². The Bertz CT molecular complexity index is 1140. The van der Waals surface area contributed by atoms with Gasteiger partial charge in [-0.2, -0.15) is 0 Å². The van der Waals surface area contributed by atoms with Crippen LogP contribution >= 0.6 is 0 Å². The molecule has 0 aromatic heterocycles. The third-order valence-corrected chi connectivity index (χ3v) is 6.36. The number of ether oxygens (including phenoxy) is 4. The fraction of sp³-hybridized carbons (Fsp3) is 0.231. The molecule has 1 heterocycles. The highest BCUT2D eigenvalue weighted by Gasteiger charge is 2.67. The first kappa shape index (κ1) is 19.5. The SMILES string of the molecule is COc1ccc([C@@]23Oc4cc(OC)cc(OC)c4[C@]2(O)C=C[C@H]3c2ccccc2)cc1. The highest BCUT2D eigenvalue weighted by Crippen LogP contribution is 2.65. The lowest BCUT2D eigenvalue weighted by molar-refractivity contribution is -0.0867. The van der Waals surface area contributed by atoms with Crippen molar-refractivity contribution in [3.63, 3.8) is 0 Å². The molecule has 3 aromatic rings. The molecule has 1 aliphatic heterocycles. The molecular weight excluding hydrogens is 392 g/mol. The molecular formula is C26H24O5. The Kier molecular flexibility index (Phi) is 4.45. The van der Waals surface area contributed by atoms with E-state index < -0.39 is 11.2 Å². The fourth-order valence-electron chi connectivity index (χ4n) is 4.92. The highest BCUT2D eigenvalue weighted by atomic mass is 16.5. The highest BCUT2D eigenvalue weighted by molar-refractivity contribution is 5.64. The summed E-state index contributed by atoms with van der Waals surface area (Å²) in [5.41, 5.74) is -0.0603. The Morgan fingerprint density at radius 2 is 1.55 bits per heavy atom. The third-order valence-electron chi connectivity index (χ3n) is 6.36. The van der Waals surface area contributed by atoms with Gasteiger partial charge in [0.15, 0.2) is 11.2 Å². The Balaban J connectivity index is 1.78. The molecule has 1 aliphatic carbocycles. The number of benzene rings is 3. The molecule has 158 valence electrons. The predicted molar refractivity (Wildman–Crippen MR) is 117 cm³/mol. The second-order valence-corrected chi connectivity index (χ2v) is 7.78. The van der Waals surface area contributed by atoms with Crippen molar-refractivity contribution in [1.82, 2.24) is 0 Å². The van der Waals surface area contributed by atoms with E-state index in [1.54, 1.807) is 33.5 Å². The molecule has 5 heteroatoms. The van der Waals surface area contributed by atoms with Gasteiger partial charge in [0.05, 0.1) is 26.9 Å². The summed E-state index contributed by atoms with van der Waals surface area (Å²) in [6.07, 6.45) is 3.85. The summed E-state index contributed by atoms with van der Waals surface area (Å²) < 4.78 is 23.2. The fourth-order valence-corrected chi connectivity index (χ4v) is 4.92. The Hall–Kier alpha value is -3.44. The zero-order valence-electron chi connectivity index (χ0n) is 17.7. The number of fused-ring (bicyclic) bond motifs is 3. The zero-order valence-corrected chi connectivity index (χ0v) is 17.7. The molecule has 0 saturated carbocycles. The van der Waals surface area contributed by atoms with E-state index in [0.29, 0.717) is 22.8 Å². The normalized spacial score (nSPS) is 25.5. The smallest absolute Gasteiger partial charge is 0.181 e. The molecule has 0 saturated heterocycles. The number of hydrogen-bond donors (Lipinski definition) is 1. The first-order valence-corrected chi connectivity index (χ1v) is 10.1. The van der Waals surface area contributed by atoms with E-state index in [2.05, 4.69) is 12.1 Å². The summed E-state index contributed by atoms with van der Waals surface area (Å²) in [5.74, 6) is 2.17. The minimum absolute atomic E-state index is 0.227. The summed E-state index contributed by atoms with van der Waals surface area (Å²) in [4.78, 5) is 0. The van der Waals surface area contributed by atoms with Crippen molar-refractivity contribution in [2.75, 3.05) is 21.3 Å². The second-order valence-electron chi connectivity index (χ2n) is 7.78. The molecule has 31 heavy (non-hydrogen) atoms. The van der Waals surface area contributed by atoms with Crippen LogP contribution in [0.1, 0.15) is 22.6 Å². The van der Waals surface area contributed by atoms with Crippen LogP contribution in [-0.4, -0.2) is 26.4 Å². The molecule has 1 N–H and O–H groups in total. The minimum atomic E-state index is -1.44. The van der Waals surface area contributed by atoms with E-state index in [0.717, 1.165) is 16.9 Å². The van der Waals surface area contributed by atoms with E-state index >= 15 is 0 Å². The van der Waals surface area contributed by atoms with E-state index in [1.165, 1.54) is 0 Å².